The summed E-state index contributed by atoms with van der Waals surface area (Å²) in [6, 6.07) is 8.65. The largest absolute Gasteiger partial charge is 0.330 e. The Kier molecular flexibility index (Phi) is 7.03. The Balaban J connectivity index is 2.18. The van der Waals surface area contributed by atoms with Crippen LogP contribution < -0.4 is 5.73 Å². The summed E-state index contributed by atoms with van der Waals surface area (Å²) in [6.45, 7) is 8.39. The molecule has 0 aliphatic rings. The average Bonchev–Trinajstić information content (AvgIpc) is 3.00. The first-order valence-electron chi connectivity index (χ1n) is 8.23. The van der Waals surface area contributed by atoms with E-state index >= 15 is 0 Å². The SMILES string of the molecule is CCCCN(CC)Cc1ccccc1-c1nc(CCN)cs1. The summed E-state index contributed by atoms with van der Waals surface area (Å²) in [5, 5.41) is 3.25. The van der Waals surface area contributed by atoms with Crippen LogP contribution in [-0.2, 0) is 13.0 Å². The maximum Gasteiger partial charge on any atom is 0.123 e. The second-order valence-electron chi connectivity index (χ2n) is 5.56. The lowest BCUT2D eigenvalue weighted by Gasteiger charge is -2.21. The highest BCUT2D eigenvalue weighted by atomic mass is 32.1. The van der Waals surface area contributed by atoms with E-state index in [0.29, 0.717) is 6.54 Å². The van der Waals surface area contributed by atoms with Gasteiger partial charge in [-0.25, -0.2) is 4.98 Å². The van der Waals surface area contributed by atoms with E-state index in [9.17, 15) is 0 Å². The number of hydrogen-bond donors (Lipinski definition) is 1. The molecular formula is C18H27N3S. The average molecular weight is 318 g/mol. The molecule has 0 unspecified atom stereocenters. The Labute approximate surface area is 138 Å². The minimum atomic E-state index is 0.658. The lowest BCUT2D eigenvalue weighted by molar-refractivity contribution is 0.276. The molecule has 2 rings (SSSR count). The monoisotopic (exact) mass is 317 g/mol. The van der Waals surface area contributed by atoms with Gasteiger partial charge in [0.25, 0.3) is 0 Å². The highest BCUT2D eigenvalue weighted by Gasteiger charge is 2.11. The van der Waals surface area contributed by atoms with Crippen LogP contribution in [0.3, 0.4) is 0 Å². The number of nitrogens with two attached hydrogens (primary N) is 1. The van der Waals surface area contributed by atoms with E-state index in [0.717, 1.165) is 36.8 Å². The van der Waals surface area contributed by atoms with Gasteiger partial charge in [0.05, 0.1) is 5.69 Å². The molecule has 0 spiro atoms. The Morgan fingerprint density at radius 3 is 2.77 bits per heavy atom. The van der Waals surface area contributed by atoms with Crippen molar-refractivity contribution < 1.29 is 0 Å². The van der Waals surface area contributed by atoms with E-state index in [2.05, 4.69) is 48.4 Å². The zero-order valence-corrected chi connectivity index (χ0v) is 14.5. The minimum Gasteiger partial charge on any atom is -0.330 e. The quantitative estimate of drug-likeness (QED) is 0.762. The molecule has 0 radical (unpaired) electrons. The zero-order valence-electron chi connectivity index (χ0n) is 13.7. The van der Waals surface area contributed by atoms with Crippen molar-refractivity contribution in [2.24, 2.45) is 5.73 Å². The molecular weight excluding hydrogens is 290 g/mol. The maximum atomic E-state index is 5.63. The molecule has 0 fully saturated rings. The summed E-state index contributed by atoms with van der Waals surface area (Å²) in [5.41, 5.74) is 9.37. The van der Waals surface area contributed by atoms with Crippen LogP contribution in [0.25, 0.3) is 10.6 Å². The van der Waals surface area contributed by atoms with E-state index in [4.69, 9.17) is 10.7 Å². The van der Waals surface area contributed by atoms with E-state index in [1.807, 2.05) is 0 Å². The summed E-state index contributed by atoms with van der Waals surface area (Å²) in [6.07, 6.45) is 3.36. The lowest BCUT2D eigenvalue weighted by atomic mass is 10.1. The van der Waals surface area contributed by atoms with Crippen LogP contribution in [-0.4, -0.2) is 29.5 Å². The molecule has 0 amide bonds. The second kappa shape index (κ2) is 9.03. The number of benzene rings is 1. The second-order valence-corrected chi connectivity index (χ2v) is 6.42. The Bertz CT molecular complexity index is 565. The number of hydrogen-bond acceptors (Lipinski definition) is 4. The first-order valence-corrected chi connectivity index (χ1v) is 9.11. The fourth-order valence-corrected chi connectivity index (χ4v) is 3.45. The van der Waals surface area contributed by atoms with Crippen molar-refractivity contribution in [3.8, 4) is 10.6 Å². The summed E-state index contributed by atoms with van der Waals surface area (Å²) in [4.78, 5) is 7.26. The van der Waals surface area contributed by atoms with Gasteiger partial charge in [-0.1, -0.05) is 44.5 Å². The molecule has 1 aromatic heterocycles. The van der Waals surface area contributed by atoms with Crippen LogP contribution in [0.15, 0.2) is 29.6 Å². The fraction of sp³-hybridized carbons (Fsp3) is 0.500. The van der Waals surface area contributed by atoms with E-state index in [1.54, 1.807) is 11.3 Å². The van der Waals surface area contributed by atoms with E-state index < -0.39 is 0 Å². The highest BCUT2D eigenvalue weighted by Crippen LogP contribution is 2.28. The summed E-state index contributed by atoms with van der Waals surface area (Å²) in [7, 11) is 0. The van der Waals surface area contributed by atoms with Crippen molar-refractivity contribution in [3.63, 3.8) is 0 Å². The first kappa shape index (κ1) is 17.1. The molecule has 120 valence electrons. The van der Waals surface area contributed by atoms with Gasteiger partial charge in [-0.2, -0.15) is 0 Å². The molecule has 0 atom stereocenters. The maximum absolute atomic E-state index is 5.63. The van der Waals surface area contributed by atoms with Gasteiger partial charge in [0.15, 0.2) is 0 Å². The Morgan fingerprint density at radius 2 is 2.05 bits per heavy atom. The molecule has 0 bridgehead atoms. The van der Waals surface area contributed by atoms with Crippen molar-refractivity contribution in [2.75, 3.05) is 19.6 Å². The highest BCUT2D eigenvalue weighted by molar-refractivity contribution is 7.13. The number of nitrogens with zero attached hydrogens (tertiary/aromatic N) is 2. The number of thiazole rings is 1. The van der Waals surface area contributed by atoms with Crippen molar-refractivity contribution >= 4 is 11.3 Å². The minimum absolute atomic E-state index is 0.658. The molecule has 1 aromatic carbocycles. The van der Waals surface area contributed by atoms with Crippen LogP contribution in [0.2, 0.25) is 0 Å². The van der Waals surface area contributed by atoms with Gasteiger partial charge in [0, 0.05) is 23.9 Å². The van der Waals surface area contributed by atoms with Gasteiger partial charge in [-0.05, 0) is 31.6 Å². The van der Waals surface area contributed by atoms with E-state index in [-0.39, 0.29) is 0 Å². The molecule has 3 nitrogen and oxygen atoms in total. The number of unbranched alkanes of at least 4 members (excludes halogenated alkanes) is 1. The van der Waals surface area contributed by atoms with Crippen molar-refractivity contribution in [1.29, 1.82) is 0 Å². The summed E-state index contributed by atoms with van der Waals surface area (Å²) >= 11 is 1.72. The standard InChI is InChI=1S/C18H27N3S/c1-3-5-12-21(4-2)13-15-8-6-7-9-17(15)18-20-16(10-11-19)14-22-18/h6-9,14H,3-5,10-13,19H2,1-2H3. The molecule has 0 aliphatic carbocycles. The van der Waals surface area contributed by atoms with Gasteiger partial charge in [0.1, 0.15) is 5.01 Å². The topological polar surface area (TPSA) is 42.2 Å². The molecule has 22 heavy (non-hydrogen) atoms. The van der Waals surface area contributed by atoms with E-state index in [1.165, 1.54) is 24.0 Å². The normalized spacial score (nSPS) is 11.3. The third kappa shape index (κ3) is 4.63. The van der Waals surface area contributed by atoms with Crippen LogP contribution in [0.5, 0.6) is 0 Å². The summed E-state index contributed by atoms with van der Waals surface area (Å²) < 4.78 is 0. The molecule has 0 saturated carbocycles. The predicted molar refractivity (Wildman–Crippen MR) is 96.2 cm³/mol. The predicted octanol–water partition coefficient (Wildman–Crippen LogP) is 3.93. The Morgan fingerprint density at radius 1 is 1.23 bits per heavy atom. The third-order valence-electron chi connectivity index (χ3n) is 3.87. The van der Waals surface area contributed by atoms with Crippen LogP contribution in [0.1, 0.15) is 37.9 Å². The molecule has 2 aromatic rings. The Hall–Kier alpha value is -1.23. The smallest absolute Gasteiger partial charge is 0.123 e. The molecule has 0 saturated heterocycles. The van der Waals surface area contributed by atoms with Gasteiger partial charge in [-0.15, -0.1) is 11.3 Å². The van der Waals surface area contributed by atoms with Crippen LogP contribution in [0, 0.1) is 0 Å². The summed E-state index contributed by atoms with van der Waals surface area (Å²) in [5.74, 6) is 0. The van der Waals surface area contributed by atoms with Crippen molar-refractivity contribution in [3.05, 3.63) is 40.9 Å². The molecule has 2 N–H and O–H groups in total. The van der Waals surface area contributed by atoms with Gasteiger partial charge < -0.3 is 5.73 Å². The molecule has 4 heteroatoms. The number of rotatable bonds is 9. The lowest BCUT2D eigenvalue weighted by Crippen LogP contribution is -2.24. The number of aromatic nitrogens is 1. The zero-order chi connectivity index (χ0) is 15.8. The van der Waals surface area contributed by atoms with Gasteiger partial charge in [-0.3, -0.25) is 4.90 Å². The van der Waals surface area contributed by atoms with Crippen molar-refractivity contribution in [1.82, 2.24) is 9.88 Å². The third-order valence-corrected chi connectivity index (χ3v) is 4.79. The van der Waals surface area contributed by atoms with Crippen LogP contribution in [0.4, 0.5) is 0 Å². The first-order chi connectivity index (χ1) is 10.8. The fourth-order valence-electron chi connectivity index (χ4n) is 2.53. The van der Waals surface area contributed by atoms with Gasteiger partial charge >= 0.3 is 0 Å². The molecule has 1 heterocycles. The van der Waals surface area contributed by atoms with Gasteiger partial charge in [0.2, 0.25) is 0 Å². The van der Waals surface area contributed by atoms with Crippen molar-refractivity contribution in [2.45, 2.75) is 39.7 Å². The molecule has 0 aliphatic heterocycles. The van der Waals surface area contributed by atoms with Crippen LogP contribution >= 0.6 is 11.3 Å².